The van der Waals surface area contributed by atoms with E-state index in [4.69, 9.17) is 4.42 Å². The highest BCUT2D eigenvalue weighted by Gasteiger charge is 2.67. The summed E-state index contributed by atoms with van der Waals surface area (Å²) >= 11 is 0. The number of aryl methyl sites for hydroxylation is 1. The number of carbonyl (C=O) groups is 2. The second-order valence-corrected chi connectivity index (χ2v) is 8.85. The lowest BCUT2D eigenvalue weighted by atomic mass is 9.63. The Hall–Kier alpha value is -3.55. The molecule has 0 unspecified atom stereocenters. The molecule has 0 spiro atoms. The maximum absolute atomic E-state index is 12.9. The lowest BCUT2D eigenvalue weighted by Gasteiger charge is -2.37. The van der Waals surface area contributed by atoms with Crippen LogP contribution in [0.15, 0.2) is 52.0 Å². The maximum atomic E-state index is 12.9. The monoisotopic (exact) mass is 417 g/mol. The Morgan fingerprint density at radius 2 is 1.77 bits per heavy atom. The van der Waals surface area contributed by atoms with Gasteiger partial charge in [0.2, 0.25) is 0 Å². The standard InChI is InChI=1S/C23H19N3O5/c1-11-2-3-12(8-18(11)26(29)30)19-7-4-13(31-19)10-24-25-22(27)20-14-5-6-15(17-9-16(14)17)21(20)23(25)28/h2-8,10,14-17,20-21H,9H2,1H3/t14-,15-,16-,17-,20+,21+/m0/s1. The van der Waals surface area contributed by atoms with Crippen LogP contribution in [-0.4, -0.2) is 28.0 Å². The van der Waals surface area contributed by atoms with Gasteiger partial charge in [-0.25, -0.2) is 0 Å². The highest BCUT2D eigenvalue weighted by atomic mass is 16.6. The first-order chi connectivity index (χ1) is 14.9. The summed E-state index contributed by atoms with van der Waals surface area (Å²) in [4.78, 5) is 36.6. The van der Waals surface area contributed by atoms with Crippen molar-refractivity contribution in [2.45, 2.75) is 13.3 Å². The molecule has 2 bridgehead atoms. The lowest BCUT2D eigenvalue weighted by Crippen LogP contribution is -2.40. The van der Waals surface area contributed by atoms with E-state index >= 15 is 0 Å². The van der Waals surface area contributed by atoms with Crippen molar-refractivity contribution in [3.05, 3.63) is 63.9 Å². The largest absolute Gasteiger partial charge is 0.455 e. The normalized spacial score (nSPS) is 32.6. The van der Waals surface area contributed by atoms with Crippen LogP contribution in [0.4, 0.5) is 5.69 Å². The average molecular weight is 417 g/mol. The Morgan fingerprint density at radius 1 is 1.10 bits per heavy atom. The Bertz CT molecular complexity index is 1180. The van der Waals surface area contributed by atoms with Gasteiger partial charge in [0.1, 0.15) is 11.5 Å². The fourth-order valence-electron chi connectivity index (χ4n) is 5.71. The molecule has 3 fully saturated rings. The van der Waals surface area contributed by atoms with Crippen molar-refractivity contribution in [2.24, 2.45) is 40.6 Å². The smallest absolute Gasteiger partial charge is 0.273 e. The molecule has 5 aliphatic rings. The molecule has 0 N–H and O–H groups in total. The Labute approximate surface area is 177 Å². The summed E-state index contributed by atoms with van der Waals surface area (Å²) in [5.41, 5.74) is 1.15. The molecule has 2 amide bonds. The number of hydrogen-bond donors (Lipinski definition) is 0. The van der Waals surface area contributed by atoms with Crippen LogP contribution in [0.3, 0.4) is 0 Å². The van der Waals surface area contributed by atoms with Crippen LogP contribution in [0.25, 0.3) is 11.3 Å². The first-order valence-corrected chi connectivity index (χ1v) is 10.4. The molecule has 1 aliphatic heterocycles. The molecule has 8 heteroatoms. The zero-order valence-corrected chi connectivity index (χ0v) is 16.7. The maximum Gasteiger partial charge on any atom is 0.273 e. The second kappa shape index (κ2) is 6.23. The summed E-state index contributed by atoms with van der Waals surface area (Å²) in [7, 11) is 0. The third kappa shape index (κ3) is 2.57. The molecule has 156 valence electrons. The first kappa shape index (κ1) is 18.2. The van der Waals surface area contributed by atoms with Crippen molar-refractivity contribution in [3.63, 3.8) is 0 Å². The van der Waals surface area contributed by atoms with E-state index in [2.05, 4.69) is 17.3 Å². The van der Waals surface area contributed by atoms with Crippen molar-refractivity contribution in [1.29, 1.82) is 0 Å². The average Bonchev–Trinajstić information content (AvgIpc) is 3.39. The number of nitro benzene ring substituents is 1. The molecule has 1 saturated heterocycles. The number of hydrazone groups is 1. The van der Waals surface area contributed by atoms with Crippen molar-refractivity contribution >= 4 is 23.7 Å². The third-order valence-corrected chi connectivity index (χ3v) is 7.26. The van der Waals surface area contributed by atoms with E-state index in [-0.39, 0.29) is 41.2 Å². The van der Waals surface area contributed by atoms with E-state index < -0.39 is 4.92 Å². The molecule has 2 saturated carbocycles. The quantitative estimate of drug-likeness (QED) is 0.249. The summed E-state index contributed by atoms with van der Waals surface area (Å²) < 4.78 is 5.74. The number of carbonyl (C=O) groups excluding carboxylic acids is 2. The van der Waals surface area contributed by atoms with E-state index in [0.29, 0.717) is 34.5 Å². The third-order valence-electron chi connectivity index (χ3n) is 7.26. The van der Waals surface area contributed by atoms with Crippen LogP contribution in [0, 0.1) is 52.5 Å². The molecule has 1 aromatic carbocycles. The molecule has 2 aromatic rings. The summed E-state index contributed by atoms with van der Waals surface area (Å²) in [6.07, 6.45) is 6.72. The molecule has 31 heavy (non-hydrogen) atoms. The van der Waals surface area contributed by atoms with Gasteiger partial charge in [0.25, 0.3) is 17.5 Å². The van der Waals surface area contributed by atoms with Gasteiger partial charge in [-0.15, -0.1) is 0 Å². The highest BCUT2D eigenvalue weighted by Crippen LogP contribution is 2.65. The number of nitro groups is 1. The molecule has 4 aliphatic carbocycles. The predicted molar refractivity (Wildman–Crippen MR) is 110 cm³/mol. The Morgan fingerprint density at radius 3 is 2.42 bits per heavy atom. The van der Waals surface area contributed by atoms with Gasteiger partial charge in [-0.2, -0.15) is 10.1 Å². The molecule has 0 radical (unpaired) electrons. The number of amides is 2. The fraction of sp³-hybridized carbons (Fsp3) is 0.348. The highest BCUT2D eigenvalue weighted by molar-refractivity contribution is 6.06. The topological polar surface area (TPSA) is 106 Å². The van der Waals surface area contributed by atoms with E-state index in [1.54, 1.807) is 31.2 Å². The number of hydrogen-bond acceptors (Lipinski definition) is 6. The van der Waals surface area contributed by atoms with Crippen LogP contribution in [-0.2, 0) is 9.59 Å². The van der Waals surface area contributed by atoms with E-state index in [1.807, 2.05) is 0 Å². The minimum absolute atomic E-state index is 0.0151. The van der Waals surface area contributed by atoms with E-state index in [1.165, 1.54) is 12.3 Å². The van der Waals surface area contributed by atoms with Gasteiger partial charge in [-0.3, -0.25) is 19.7 Å². The molecule has 1 aromatic heterocycles. The van der Waals surface area contributed by atoms with Crippen LogP contribution in [0.5, 0.6) is 0 Å². The van der Waals surface area contributed by atoms with E-state index in [9.17, 15) is 19.7 Å². The van der Waals surface area contributed by atoms with Crippen LogP contribution in [0.2, 0.25) is 0 Å². The number of allylic oxidation sites excluding steroid dienone is 2. The van der Waals surface area contributed by atoms with Crippen LogP contribution < -0.4 is 0 Å². The Kier molecular flexibility index (Phi) is 3.66. The van der Waals surface area contributed by atoms with Gasteiger partial charge in [0.15, 0.2) is 0 Å². The molecule has 8 nitrogen and oxygen atoms in total. The van der Waals surface area contributed by atoms with Gasteiger partial charge in [0.05, 0.1) is 23.0 Å². The zero-order valence-electron chi connectivity index (χ0n) is 16.7. The van der Waals surface area contributed by atoms with Gasteiger partial charge in [-0.05, 0) is 49.1 Å². The number of nitrogens with zero attached hydrogens (tertiary/aromatic N) is 3. The van der Waals surface area contributed by atoms with Crippen molar-refractivity contribution in [2.75, 3.05) is 0 Å². The van der Waals surface area contributed by atoms with Crippen LogP contribution >= 0.6 is 0 Å². The van der Waals surface area contributed by atoms with E-state index in [0.717, 1.165) is 11.4 Å². The number of furan rings is 1. The summed E-state index contributed by atoms with van der Waals surface area (Å²) in [6, 6.07) is 8.21. The van der Waals surface area contributed by atoms with Gasteiger partial charge >= 0.3 is 0 Å². The SMILES string of the molecule is Cc1ccc(-c2ccc(C=NN3C(=O)[C@@H]4[C@H]5C=C[C@@H]([C@@H]6C[C@@H]56)[C@H]4C3=O)o2)cc1[N+](=O)[O-]. The van der Waals surface area contributed by atoms with Crippen molar-refractivity contribution in [1.82, 2.24) is 5.01 Å². The summed E-state index contributed by atoms with van der Waals surface area (Å²) in [5.74, 6) is 1.18. The number of imide groups is 1. The van der Waals surface area contributed by atoms with Crippen molar-refractivity contribution < 1.29 is 18.9 Å². The number of rotatable bonds is 4. The fourth-order valence-corrected chi connectivity index (χ4v) is 5.71. The van der Waals surface area contributed by atoms with Gasteiger partial charge in [0, 0.05) is 17.2 Å². The zero-order chi connectivity index (χ0) is 21.4. The molecule has 2 heterocycles. The Balaban J connectivity index is 1.24. The second-order valence-electron chi connectivity index (χ2n) is 8.85. The van der Waals surface area contributed by atoms with Gasteiger partial charge < -0.3 is 4.42 Å². The van der Waals surface area contributed by atoms with Crippen molar-refractivity contribution in [3.8, 4) is 11.3 Å². The first-order valence-electron chi connectivity index (χ1n) is 10.4. The molecular formula is C23H19N3O5. The van der Waals surface area contributed by atoms with Gasteiger partial charge in [-0.1, -0.05) is 24.3 Å². The summed E-state index contributed by atoms with van der Waals surface area (Å²) in [6.45, 7) is 1.68. The number of benzene rings is 1. The molecular weight excluding hydrogens is 398 g/mol. The minimum Gasteiger partial charge on any atom is -0.455 e. The summed E-state index contributed by atoms with van der Waals surface area (Å²) in [5, 5.41) is 16.4. The van der Waals surface area contributed by atoms with Crippen LogP contribution in [0.1, 0.15) is 17.7 Å². The molecule has 7 rings (SSSR count). The molecule has 6 atom stereocenters. The lowest BCUT2D eigenvalue weighted by molar-refractivity contribution is -0.385. The predicted octanol–water partition coefficient (Wildman–Crippen LogP) is 3.55. The minimum atomic E-state index is -0.430.